The van der Waals surface area contributed by atoms with Gasteiger partial charge in [-0.05, 0) is 52.9 Å². The van der Waals surface area contributed by atoms with Crippen LogP contribution in [0.5, 0.6) is 0 Å². The summed E-state index contributed by atoms with van der Waals surface area (Å²) in [6.07, 6.45) is 1.21. The van der Waals surface area contributed by atoms with E-state index in [1.165, 1.54) is 12.1 Å². The zero-order valence-electron chi connectivity index (χ0n) is 11.2. The normalized spacial score (nSPS) is 12.9. The van der Waals surface area contributed by atoms with E-state index in [4.69, 9.17) is 5.73 Å². The Labute approximate surface area is 113 Å². The molecule has 1 unspecified atom stereocenters. The van der Waals surface area contributed by atoms with Crippen LogP contribution >= 0.6 is 15.9 Å². The number of hydrogen-bond donors (Lipinski definition) is 1. The molecule has 0 spiro atoms. The van der Waals surface area contributed by atoms with Crippen molar-refractivity contribution in [2.24, 2.45) is 11.7 Å². The maximum atomic E-state index is 5.87. The third-order valence-corrected chi connectivity index (χ3v) is 3.59. The van der Waals surface area contributed by atoms with E-state index in [0.29, 0.717) is 0 Å². The van der Waals surface area contributed by atoms with E-state index in [1.807, 2.05) is 6.92 Å². The summed E-state index contributed by atoms with van der Waals surface area (Å²) < 4.78 is 1.12. The number of hydrogen-bond acceptors (Lipinski definition) is 2. The summed E-state index contributed by atoms with van der Waals surface area (Å²) in [4.78, 5) is 2.29. The van der Waals surface area contributed by atoms with E-state index in [9.17, 15) is 0 Å². The van der Waals surface area contributed by atoms with Crippen molar-refractivity contribution < 1.29 is 0 Å². The molecule has 0 radical (unpaired) electrons. The molecule has 2 nitrogen and oxygen atoms in total. The van der Waals surface area contributed by atoms with E-state index in [1.54, 1.807) is 0 Å². The van der Waals surface area contributed by atoms with Gasteiger partial charge in [-0.1, -0.05) is 19.9 Å². The summed E-state index contributed by atoms with van der Waals surface area (Å²) in [5.74, 6) is 0.736. The van der Waals surface area contributed by atoms with E-state index < -0.39 is 0 Å². The second-order valence-electron chi connectivity index (χ2n) is 5.10. The van der Waals surface area contributed by atoms with Gasteiger partial charge in [0.1, 0.15) is 0 Å². The standard InChI is InChI=1S/C14H23BrN2/c1-10(2)7-8-17(4)14-6-5-12(11(3)16)9-13(14)15/h5-6,9-11H,7-8,16H2,1-4H3. The number of benzene rings is 1. The summed E-state index contributed by atoms with van der Waals surface area (Å²) in [7, 11) is 2.13. The second kappa shape index (κ2) is 6.41. The van der Waals surface area contributed by atoms with Gasteiger partial charge in [0.25, 0.3) is 0 Å². The van der Waals surface area contributed by atoms with Crippen LogP contribution in [0.1, 0.15) is 38.8 Å². The quantitative estimate of drug-likeness (QED) is 0.892. The van der Waals surface area contributed by atoms with Gasteiger partial charge in [0.2, 0.25) is 0 Å². The third kappa shape index (κ3) is 4.32. The van der Waals surface area contributed by atoms with Gasteiger partial charge in [0.15, 0.2) is 0 Å². The number of rotatable bonds is 5. The average Bonchev–Trinajstić information content (AvgIpc) is 2.25. The van der Waals surface area contributed by atoms with Crippen molar-refractivity contribution in [1.29, 1.82) is 0 Å². The molecular weight excluding hydrogens is 276 g/mol. The van der Waals surface area contributed by atoms with Gasteiger partial charge in [-0.3, -0.25) is 0 Å². The minimum atomic E-state index is 0.0846. The highest BCUT2D eigenvalue weighted by Crippen LogP contribution is 2.28. The molecule has 1 atom stereocenters. The second-order valence-corrected chi connectivity index (χ2v) is 5.96. The van der Waals surface area contributed by atoms with Crippen LogP contribution in [0.3, 0.4) is 0 Å². The first-order valence-electron chi connectivity index (χ1n) is 6.18. The molecule has 0 bridgehead atoms. The van der Waals surface area contributed by atoms with Gasteiger partial charge in [-0.15, -0.1) is 0 Å². The van der Waals surface area contributed by atoms with Crippen LogP contribution in [0.25, 0.3) is 0 Å². The average molecular weight is 299 g/mol. The lowest BCUT2D eigenvalue weighted by Crippen LogP contribution is -2.20. The Balaban J connectivity index is 2.77. The van der Waals surface area contributed by atoms with Crippen molar-refractivity contribution in [3.63, 3.8) is 0 Å². The van der Waals surface area contributed by atoms with Crippen molar-refractivity contribution in [3.8, 4) is 0 Å². The summed E-state index contributed by atoms with van der Waals surface area (Å²) in [5.41, 5.74) is 8.27. The zero-order chi connectivity index (χ0) is 13.0. The molecular formula is C14H23BrN2. The first kappa shape index (κ1) is 14.5. The highest BCUT2D eigenvalue weighted by Gasteiger charge is 2.08. The molecule has 0 saturated carbocycles. The van der Waals surface area contributed by atoms with E-state index in [2.05, 4.69) is 59.9 Å². The monoisotopic (exact) mass is 298 g/mol. The minimum absolute atomic E-state index is 0.0846. The fourth-order valence-electron chi connectivity index (χ4n) is 1.69. The predicted molar refractivity (Wildman–Crippen MR) is 79.5 cm³/mol. The van der Waals surface area contributed by atoms with Gasteiger partial charge in [-0.25, -0.2) is 0 Å². The highest BCUT2D eigenvalue weighted by atomic mass is 79.9. The topological polar surface area (TPSA) is 29.3 Å². The lowest BCUT2D eigenvalue weighted by molar-refractivity contribution is 0.585. The van der Waals surface area contributed by atoms with Crippen molar-refractivity contribution in [2.75, 3.05) is 18.5 Å². The molecule has 1 rings (SSSR count). The molecule has 0 heterocycles. The lowest BCUT2D eigenvalue weighted by Gasteiger charge is -2.22. The van der Waals surface area contributed by atoms with Crippen molar-refractivity contribution in [3.05, 3.63) is 28.2 Å². The van der Waals surface area contributed by atoms with Crippen LogP contribution in [0, 0.1) is 5.92 Å². The Bertz CT molecular complexity index is 361. The fourth-order valence-corrected chi connectivity index (χ4v) is 2.39. The van der Waals surface area contributed by atoms with Gasteiger partial charge in [0, 0.05) is 24.1 Å². The predicted octanol–water partition coefficient (Wildman–Crippen LogP) is 3.95. The molecule has 17 heavy (non-hydrogen) atoms. The maximum absolute atomic E-state index is 5.87. The molecule has 0 fully saturated rings. The Kier molecular flexibility index (Phi) is 5.47. The molecule has 0 amide bonds. The molecule has 0 aliphatic rings. The van der Waals surface area contributed by atoms with Crippen LogP contribution in [0.2, 0.25) is 0 Å². The number of nitrogens with zero attached hydrogens (tertiary/aromatic N) is 1. The van der Waals surface area contributed by atoms with Gasteiger partial charge < -0.3 is 10.6 Å². The first-order chi connectivity index (χ1) is 7.91. The smallest absolute Gasteiger partial charge is 0.0508 e. The van der Waals surface area contributed by atoms with E-state index in [0.717, 1.165) is 22.5 Å². The Morgan fingerprint density at radius 2 is 1.94 bits per heavy atom. The molecule has 0 aliphatic carbocycles. The number of nitrogens with two attached hydrogens (primary N) is 1. The van der Waals surface area contributed by atoms with Gasteiger partial charge in [-0.2, -0.15) is 0 Å². The van der Waals surface area contributed by atoms with Crippen LogP contribution in [-0.2, 0) is 0 Å². The number of anilines is 1. The van der Waals surface area contributed by atoms with Crippen molar-refractivity contribution in [2.45, 2.75) is 33.2 Å². The molecule has 1 aromatic carbocycles. The number of halogens is 1. The van der Waals surface area contributed by atoms with Gasteiger partial charge >= 0.3 is 0 Å². The molecule has 0 aliphatic heterocycles. The highest BCUT2D eigenvalue weighted by molar-refractivity contribution is 9.10. The first-order valence-corrected chi connectivity index (χ1v) is 6.97. The van der Waals surface area contributed by atoms with Crippen LogP contribution in [0.4, 0.5) is 5.69 Å². The molecule has 2 N–H and O–H groups in total. The Morgan fingerprint density at radius 1 is 1.29 bits per heavy atom. The van der Waals surface area contributed by atoms with E-state index in [-0.39, 0.29) is 6.04 Å². The summed E-state index contributed by atoms with van der Waals surface area (Å²) in [6, 6.07) is 6.45. The third-order valence-electron chi connectivity index (χ3n) is 2.95. The maximum Gasteiger partial charge on any atom is 0.0508 e. The molecule has 3 heteroatoms. The summed E-state index contributed by atoms with van der Waals surface area (Å²) in [6.45, 7) is 7.59. The minimum Gasteiger partial charge on any atom is -0.374 e. The largest absolute Gasteiger partial charge is 0.374 e. The molecule has 96 valence electrons. The van der Waals surface area contributed by atoms with E-state index >= 15 is 0 Å². The van der Waals surface area contributed by atoms with Crippen molar-refractivity contribution >= 4 is 21.6 Å². The molecule has 1 aromatic rings. The Hall–Kier alpha value is -0.540. The van der Waals surface area contributed by atoms with Crippen LogP contribution in [0.15, 0.2) is 22.7 Å². The summed E-state index contributed by atoms with van der Waals surface area (Å²) >= 11 is 3.63. The zero-order valence-corrected chi connectivity index (χ0v) is 12.8. The summed E-state index contributed by atoms with van der Waals surface area (Å²) in [5, 5.41) is 0. The SMILES string of the molecule is CC(C)CCN(C)c1ccc(C(C)N)cc1Br. The fraction of sp³-hybridized carbons (Fsp3) is 0.571. The van der Waals surface area contributed by atoms with Gasteiger partial charge in [0.05, 0.1) is 5.69 Å². The Morgan fingerprint density at radius 3 is 2.41 bits per heavy atom. The molecule has 0 saturated heterocycles. The van der Waals surface area contributed by atoms with Crippen LogP contribution < -0.4 is 10.6 Å². The van der Waals surface area contributed by atoms with Crippen molar-refractivity contribution in [1.82, 2.24) is 0 Å². The van der Waals surface area contributed by atoms with Crippen LogP contribution in [-0.4, -0.2) is 13.6 Å². The lowest BCUT2D eigenvalue weighted by atomic mass is 10.1. The molecule has 0 aromatic heterocycles.